The summed E-state index contributed by atoms with van der Waals surface area (Å²) in [6.07, 6.45) is 12.7. The van der Waals surface area contributed by atoms with Crippen LogP contribution in [0.5, 0.6) is 17.2 Å². The van der Waals surface area contributed by atoms with Gasteiger partial charge < -0.3 is 18.9 Å². The molecule has 0 aliphatic carbocycles. The van der Waals surface area contributed by atoms with Gasteiger partial charge in [-0.2, -0.15) is 0 Å². The van der Waals surface area contributed by atoms with Crippen LogP contribution in [0.1, 0.15) is 147 Å². The first kappa shape index (κ1) is 35.1. The number of unbranched alkanes of at least 4 members (excludes halogenated alkanes) is 10. The predicted octanol–water partition coefficient (Wildman–Crippen LogP) is 8.27. The molecule has 0 radical (unpaired) electrons. The molecule has 0 bridgehead atoms. The van der Waals surface area contributed by atoms with Crippen molar-refractivity contribution in [2.45, 2.75) is 137 Å². The molecule has 0 aromatic heterocycles. The second-order valence-electron chi connectivity index (χ2n) is 10.1. The number of hydrogen-bond acceptors (Lipinski definition) is 8. The second kappa shape index (κ2) is 21.9. The van der Waals surface area contributed by atoms with Crippen molar-refractivity contribution in [3.8, 4) is 17.2 Å². The summed E-state index contributed by atoms with van der Waals surface area (Å²) in [6, 6.07) is 2.63. The molecule has 0 atom stereocenters. The van der Waals surface area contributed by atoms with Crippen LogP contribution in [-0.4, -0.2) is 30.5 Å². The molecule has 0 amide bonds. The lowest BCUT2D eigenvalue weighted by Gasteiger charge is -2.16. The lowest BCUT2D eigenvalue weighted by molar-refractivity contribution is -0.138. The summed E-state index contributed by atoms with van der Waals surface area (Å²) in [5.41, 5.74) is 0.0430. The van der Waals surface area contributed by atoms with Crippen LogP contribution in [-0.2, 0) is 19.1 Å². The number of benzene rings is 1. The van der Waals surface area contributed by atoms with Crippen molar-refractivity contribution in [3.05, 3.63) is 17.7 Å². The van der Waals surface area contributed by atoms with E-state index in [4.69, 9.17) is 18.9 Å². The topological polar surface area (TPSA) is 105 Å². The van der Waals surface area contributed by atoms with E-state index in [9.17, 15) is 19.2 Å². The highest BCUT2D eigenvalue weighted by Gasteiger charge is 2.25. The van der Waals surface area contributed by atoms with E-state index < -0.39 is 23.9 Å². The first-order valence-electron chi connectivity index (χ1n) is 15.3. The maximum atomic E-state index is 12.8. The van der Waals surface area contributed by atoms with Gasteiger partial charge in [0.1, 0.15) is 0 Å². The van der Waals surface area contributed by atoms with Gasteiger partial charge >= 0.3 is 23.9 Å². The standard InChI is InChI=1S/C32H50O8/c1-5-9-13-16-19-28(33)38-26-23-25(32(36)37-22-12-8-4)24-27(39-29(34)20-17-14-10-6-2)31(26)40-30(35)21-18-15-11-7-3/h23-24H,5-22H2,1-4H3. The van der Waals surface area contributed by atoms with Gasteiger partial charge in [-0.1, -0.05) is 91.9 Å². The molecule has 1 aromatic carbocycles. The summed E-state index contributed by atoms with van der Waals surface area (Å²) in [5, 5.41) is 0. The van der Waals surface area contributed by atoms with Gasteiger partial charge in [-0.05, 0) is 37.8 Å². The van der Waals surface area contributed by atoms with Crippen LogP contribution in [0.25, 0.3) is 0 Å². The monoisotopic (exact) mass is 562 g/mol. The van der Waals surface area contributed by atoms with E-state index in [0.29, 0.717) is 25.7 Å². The molecule has 8 heteroatoms. The SMILES string of the molecule is CCCCCCC(=O)Oc1cc(C(=O)OCCCC)cc(OC(=O)CCCCCC)c1OC(=O)CCCCCC. The van der Waals surface area contributed by atoms with E-state index in [1.165, 1.54) is 12.1 Å². The van der Waals surface area contributed by atoms with Gasteiger partial charge in [0.05, 0.1) is 12.2 Å². The van der Waals surface area contributed by atoms with Crippen molar-refractivity contribution < 1.29 is 38.1 Å². The molecule has 40 heavy (non-hydrogen) atoms. The second-order valence-corrected chi connectivity index (χ2v) is 10.1. The molecule has 0 saturated carbocycles. The Morgan fingerprint density at radius 3 is 1.32 bits per heavy atom. The third-order valence-electron chi connectivity index (χ3n) is 6.35. The van der Waals surface area contributed by atoms with E-state index in [0.717, 1.165) is 64.2 Å². The van der Waals surface area contributed by atoms with Gasteiger partial charge in [-0.15, -0.1) is 0 Å². The van der Waals surface area contributed by atoms with Crippen LogP contribution in [0.4, 0.5) is 0 Å². The Morgan fingerprint density at radius 2 is 0.925 bits per heavy atom. The number of esters is 4. The zero-order chi connectivity index (χ0) is 29.6. The minimum absolute atomic E-state index is 0.0430. The van der Waals surface area contributed by atoms with Gasteiger partial charge in [0.2, 0.25) is 5.75 Å². The van der Waals surface area contributed by atoms with Gasteiger partial charge in [-0.25, -0.2) is 4.79 Å². The van der Waals surface area contributed by atoms with Crippen molar-refractivity contribution in [3.63, 3.8) is 0 Å². The predicted molar refractivity (Wildman–Crippen MR) is 155 cm³/mol. The van der Waals surface area contributed by atoms with Crippen LogP contribution in [0, 0.1) is 0 Å². The van der Waals surface area contributed by atoms with Crippen molar-refractivity contribution in [2.24, 2.45) is 0 Å². The minimum atomic E-state index is -0.647. The number of hydrogen-bond donors (Lipinski definition) is 0. The Morgan fingerprint density at radius 1 is 0.525 bits per heavy atom. The van der Waals surface area contributed by atoms with E-state index in [1.807, 2.05) is 6.92 Å². The van der Waals surface area contributed by atoms with E-state index in [1.54, 1.807) is 0 Å². The largest absolute Gasteiger partial charge is 0.462 e. The average Bonchev–Trinajstić information content (AvgIpc) is 2.93. The molecule has 1 rings (SSSR count). The molecule has 226 valence electrons. The normalized spacial score (nSPS) is 10.7. The fourth-order valence-corrected chi connectivity index (χ4v) is 3.94. The number of carbonyl (C=O) groups excluding carboxylic acids is 4. The van der Waals surface area contributed by atoms with E-state index in [-0.39, 0.29) is 48.7 Å². The number of ether oxygens (including phenoxy) is 4. The van der Waals surface area contributed by atoms with E-state index >= 15 is 0 Å². The molecule has 8 nitrogen and oxygen atoms in total. The van der Waals surface area contributed by atoms with E-state index in [2.05, 4.69) is 20.8 Å². The molecule has 0 saturated heterocycles. The summed E-state index contributed by atoms with van der Waals surface area (Å²) in [4.78, 5) is 50.9. The summed E-state index contributed by atoms with van der Waals surface area (Å²) in [7, 11) is 0. The summed E-state index contributed by atoms with van der Waals surface area (Å²) in [5.74, 6) is -2.67. The molecule has 0 fully saturated rings. The van der Waals surface area contributed by atoms with Gasteiger partial charge in [0, 0.05) is 19.3 Å². The zero-order valence-electron chi connectivity index (χ0n) is 25.1. The number of rotatable bonds is 22. The quantitative estimate of drug-likeness (QED) is 0.0790. The lowest BCUT2D eigenvalue weighted by atomic mass is 10.1. The molecule has 0 unspecified atom stereocenters. The highest BCUT2D eigenvalue weighted by Crippen LogP contribution is 2.40. The molecule has 0 aliphatic heterocycles. The summed E-state index contributed by atoms with van der Waals surface area (Å²) < 4.78 is 22.2. The van der Waals surface area contributed by atoms with Gasteiger partial charge in [0.25, 0.3) is 0 Å². The Labute approximate surface area is 240 Å². The number of carbonyl (C=O) groups is 4. The first-order valence-corrected chi connectivity index (χ1v) is 15.3. The van der Waals surface area contributed by atoms with Gasteiger partial charge in [0.15, 0.2) is 11.5 Å². The Bertz CT molecular complexity index is 861. The molecule has 0 N–H and O–H groups in total. The van der Waals surface area contributed by atoms with Crippen LogP contribution in [0.15, 0.2) is 12.1 Å². The lowest BCUT2D eigenvalue weighted by Crippen LogP contribution is -2.16. The van der Waals surface area contributed by atoms with Crippen molar-refractivity contribution in [1.29, 1.82) is 0 Å². The molecule has 0 spiro atoms. The molecule has 0 aliphatic rings. The van der Waals surface area contributed by atoms with Gasteiger partial charge in [-0.3, -0.25) is 14.4 Å². The smallest absolute Gasteiger partial charge is 0.338 e. The van der Waals surface area contributed by atoms with Crippen LogP contribution >= 0.6 is 0 Å². The van der Waals surface area contributed by atoms with Crippen LogP contribution in [0.2, 0.25) is 0 Å². The minimum Gasteiger partial charge on any atom is -0.462 e. The zero-order valence-corrected chi connectivity index (χ0v) is 25.1. The average molecular weight is 563 g/mol. The molecular formula is C32H50O8. The fraction of sp³-hybridized carbons (Fsp3) is 0.688. The Balaban J connectivity index is 3.31. The van der Waals surface area contributed by atoms with Crippen molar-refractivity contribution in [2.75, 3.05) is 6.61 Å². The summed E-state index contributed by atoms with van der Waals surface area (Å²) >= 11 is 0. The molecule has 1 aromatic rings. The molecule has 0 heterocycles. The van der Waals surface area contributed by atoms with Crippen molar-refractivity contribution >= 4 is 23.9 Å². The Hall–Kier alpha value is -2.90. The highest BCUT2D eigenvalue weighted by atomic mass is 16.6. The van der Waals surface area contributed by atoms with Crippen molar-refractivity contribution in [1.82, 2.24) is 0 Å². The van der Waals surface area contributed by atoms with Crippen LogP contribution in [0.3, 0.4) is 0 Å². The summed E-state index contributed by atoms with van der Waals surface area (Å²) in [6.45, 7) is 8.45. The first-order chi connectivity index (χ1) is 19.4. The highest BCUT2D eigenvalue weighted by molar-refractivity contribution is 5.92. The third kappa shape index (κ3) is 15.0. The maximum absolute atomic E-state index is 12.8. The third-order valence-corrected chi connectivity index (χ3v) is 6.35. The van der Waals surface area contributed by atoms with Crippen LogP contribution < -0.4 is 14.2 Å². The Kier molecular flexibility index (Phi) is 19.2. The maximum Gasteiger partial charge on any atom is 0.338 e. The molecular weight excluding hydrogens is 512 g/mol. The fourth-order valence-electron chi connectivity index (χ4n) is 3.94.